The van der Waals surface area contributed by atoms with Gasteiger partial charge in [-0.3, -0.25) is 0 Å². The van der Waals surface area contributed by atoms with E-state index in [0.29, 0.717) is 12.1 Å². The molecule has 1 aromatic rings. The highest BCUT2D eigenvalue weighted by atomic mass is 15.2. The summed E-state index contributed by atoms with van der Waals surface area (Å²) in [6.45, 7) is 4.25. The molecule has 1 radical (unpaired) electrons. The Balaban J connectivity index is 2.32. The minimum Gasteiger partial charge on any atom is -0.368 e. The normalized spacial score (nSPS) is 15.9. The fourth-order valence-corrected chi connectivity index (χ4v) is 1.90. The van der Waals surface area contributed by atoms with Gasteiger partial charge in [0.15, 0.2) is 0 Å². The maximum atomic E-state index is 9.07. The van der Waals surface area contributed by atoms with Gasteiger partial charge in [0.25, 0.3) is 0 Å². The Kier molecular flexibility index (Phi) is 3.40. The van der Waals surface area contributed by atoms with E-state index < -0.39 is 0 Å². The number of anilines is 1. The van der Waals surface area contributed by atoms with Crippen LogP contribution in [-0.4, -0.2) is 26.2 Å². The van der Waals surface area contributed by atoms with Crippen molar-refractivity contribution in [1.29, 1.82) is 5.26 Å². The zero-order valence-electron chi connectivity index (χ0n) is 9.16. The molecule has 1 aliphatic rings. The van der Waals surface area contributed by atoms with Crippen molar-refractivity contribution in [2.75, 3.05) is 31.1 Å². The van der Waals surface area contributed by atoms with Crippen molar-refractivity contribution in [1.82, 2.24) is 5.32 Å². The fraction of sp³-hybridized carbons (Fsp3) is 0.417. The Hall–Kier alpha value is -1.57. The van der Waals surface area contributed by atoms with Crippen LogP contribution in [0.1, 0.15) is 11.1 Å². The monoisotopic (exact) mass is 215 g/mol. The van der Waals surface area contributed by atoms with Crippen LogP contribution < -0.4 is 16.0 Å². The Labute approximate surface area is 95.7 Å². The molecule has 0 atom stereocenters. The molecule has 0 saturated carbocycles. The molecule has 1 heterocycles. The summed E-state index contributed by atoms with van der Waals surface area (Å²) in [4.78, 5) is 2.22. The van der Waals surface area contributed by atoms with Gasteiger partial charge < -0.3 is 16.0 Å². The molecule has 4 nitrogen and oxygen atoms in total. The molecule has 0 aliphatic carbocycles. The highest BCUT2D eigenvalue weighted by Gasteiger charge is 2.14. The van der Waals surface area contributed by atoms with Crippen LogP contribution in [0.5, 0.6) is 0 Å². The highest BCUT2D eigenvalue weighted by molar-refractivity contribution is 5.60. The number of nitriles is 1. The van der Waals surface area contributed by atoms with Gasteiger partial charge in [0, 0.05) is 32.7 Å². The molecular formula is C12H15N4. The fourth-order valence-electron chi connectivity index (χ4n) is 1.90. The van der Waals surface area contributed by atoms with Gasteiger partial charge in [0.2, 0.25) is 0 Å². The van der Waals surface area contributed by atoms with E-state index in [1.165, 1.54) is 0 Å². The number of nitrogens with one attached hydrogen (secondary N) is 1. The van der Waals surface area contributed by atoms with Gasteiger partial charge in [-0.15, -0.1) is 0 Å². The molecule has 83 valence electrons. The third-order valence-electron chi connectivity index (χ3n) is 2.79. The van der Waals surface area contributed by atoms with E-state index in [4.69, 9.17) is 11.0 Å². The Morgan fingerprint density at radius 2 is 2.25 bits per heavy atom. The topological polar surface area (TPSA) is 65.1 Å². The first-order valence-electron chi connectivity index (χ1n) is 5.45. The molecular weight excluding hydrogens is 200 g/mol. The maximum absolute atomic E-state index is 9.07. The molecule has 4 heteroatoms. The van der Waals surface area contributed by atoms with Crippen molar-refractivity contribution in [3.05, 3.63) is 29.3 Å². The zero-order valence-corrected chi connectivity index (χ0v) is 9.16. The number of benzene rings is 1. The van der Waals surface area contributed by atoms with Crippen LogP contribution in [0.2, 0.25) is 0 Å². The first-order chi connectivity index (χ1) is 7.85. The zero-order chi connectivity index (χ0) is 11.4. The summed E-state index contributed by atoms with van der Waals surface area (Å²) in [5.41, 5.74) is 8.21. The van der Waals surface area contributed by atoms with Crippen molar-refractivity contribution in [2.24, 2.45) is 5.73 Å². The lowest BCUT2D eigenvalue weighted by Gasteiger charge is -2.30. The molecule has 0 aromatic heterocycles. The summed E-state index contributed by atoms with van der Waals surface area (Å²) >= 11 is 0. The molecule has 0 amide bonds. The van der Waals surface area contributed by atoms with Crippen LogP contribution in [0.15, 0.2) is 12.1 Å². The second-order valence-electron chi connectivity index (χ2n) is 3.81. The minimum atomic E-state index is 0.463. The van der Waals surface area contributed by atoms with E-state index in [9.17, 15) is 0 Å². The maximum Gasteiger partial charge on any atom is 0.101 e. The molecule has 1 aromatic carbocycles. The summed E-state index contributed by atoms with van der Waals surface area (Å²) in [6, 6.07) is 8.95. The average molecular weight is 215 g/mol. The number of hydrogen-bond acceptors (Lipinski definition) is 4. The van der Waals surface area contributed by atoms with Crippen LogP contribution in [-0.2, 0) is 6.54 Å². The quantitative estimate of drug-likeness (QED) is 0.741. The molecule has 2 rings (SSSR count). The van der Waals surface area contributed by atoms with E-state index in [2.05, 4.69) is 22.4 Å². The molecule has 1 saturated heterocycles. The van der Waals surface area contributed by atoms with E-state index in [0.717, 1.165) is 37.4 Å². The average Bonchev–Trinajstić information content (AvgIpc) is 2.39. The Bertz CT molecular complexity index is 402. The SMILES string of the molecule is N#Cc1c[c]c(CN)cc1N1CCNCC1. The minimum absolute atomic E-state index is 0.463. The van der Waals surface area contributed by atoms with E-state index in [-0.39, 0.29) is 0 Å². The van der Waals surface area contributed by atoms with Crippen LogP contribution >= 0.6 is 0 Å². The van der Waals surface area contributed by atoms with E-state index in [1.807, 2.05) is 6.07 Å². The molecule has 0 spiro atoms. The van der Waals surface area contributed by atoms with Gasteiger partial charge in [0.05, 0.1) is 11.3 Å². The standard InChI is InChI=1S/C12H15N4/c13-8-10-1-2-11(9-14)12(7-10)16-5-3-15-4-6-16/h2,7,15H,3-6,8,13H2. The number of nitrogens with two attached hydrogens (primary N) is 1. The van der Waals surface area contributed by atoms with Gasteiger partial charge in [-0.25, -0.2) is 0 Å². The molecule has 0 bridgehead atoms. The summed E-state index contributed by atoms with van der Waals surface area (Å²) in [5, 5.41) is 12.4. The Morgan fingerprint density at radius 3 is 2.88 bits per heavy atom. The van der Waals surface area contributed by atoms with Crippen molar-refractivity contribution in [3.8, 4) is 6.07 Å². The van der Waals surface area contributed by atoms with Crippen molar-refractivity contribution in [2.45, 2.75) is 6.54 Å². The second kappa shape index (κ2) is 4.97. The van der Waals surface area contributed by atoms with Crippen molar-refractivity contribution >= 4 is 5.69 Å². The van der Waals surface area contributed by atoms with Crippen LogP contribution in [0.4, 0.5) is 5.69 Å². The lowest BCUT2D eigenvalue weighted by molar-refractivity contribution is 0.589. The smallest absolute Gasteiger partial charge is 0.101 e. The number of nitrogens with zero attached hydrogens (tertiary/aromatic N) is 2. The lowest BCUT2D eigenvalue weighted by atomic mass is 10.1. The predicted octanol–water partition coefficient (Wildman–Crippen LogP) is 0.227. The summed E-state index contributed by atoms with van der Waals surface area (Å²) in [5.74, 6) is 0. The number of hydrogen-bond donors (Lipinski definition) is 2. The Morgan fingerprint density at radius 1 is 1.50 bits per heavy atom. The summed E-state index contributed by atoms with van der Waals surface area (Å²) < 4.78 is 0. The largest absolute Gasteiger partial charge is 0.368 e. The first-order valence-corrected chi connectivity index (χ1v) is 5.45. The molecule has 1 fully saturated rings. The van der Waals surface area contributed by atoms with Crippen molar-refractivity contribution in [3.63, 3.8) is 0 Å². The van der Waals surface area contributed by atoms with Crippen molar-refractivity contribution < 1.29 is 0 Å². The van der Waals surface area contributed by atoms with Crippen LogP contribution in [0.3, 0.4) is 0 Å². The van der Waals surface area contributed by atoms with E-state index >= 15 is 0 Å². The molecule has 16 heavy (non-hydrogen) atoms. The second-order valence-corrected chi connectivity index (χ2v) is 3.81. The number of rotatable bonds is 2. The van der Waals surface area contributed by atoms with Gasteiger partial charge >= 0.3 is 0 Å². The molecule has 0 unspecified atom stereocenters. The van der Waals surface area contributed by atoms with Crippen LogP contribution in [0.25, 0.3) is 0 Å². The lowest BCUT2D eigenvalue weighted by Crippen LogP contribution is -2.43. The predicted molar refractivity (Wildman–Crippen MR) is 63.0 cm³/mol. The molecule has 3 N–H and O–H groups in total. The summed E-state index contributed by atoms with van der Waals surface area (Å²) in [7, 11) is 0. The van der Waals surface area contributed by atoms with Gasteiger partial charge in [0.1, 0.15) is 6.07 Å². The van der Waals surface area contributed by atoms with Gasteiger partial charge in [-0.1, -0.05) is 0 Å². The highest BCUT2D eigenvalue weighted by Crippen LogP contribution is 2.21. The summed E-state index contributed by atoms with van der Waals surface area (Å²) in [6.07, 6.45) is 0. The van der Waals surface area contributed by atoms with Gasteiger partial charge in [-0.05, 0) is 23.8 Å². The molecule has 1 aliphatic heterocycles. The van der Waals surface area contributed by atoms with Crippen LogP contribution in [0, 0.1) is 17.4 Å². The third kappa shape index (κ3) is 2.16. The third-order valence-corrected chi connectivity index (χ3v) is 2.79. The van der Waals surface area contributed by atoms with E-state index in [1.54, 1.807) is 6.07 Å². The first kappa shape index (κ1) is 10.9. The number of piperazine rings is 1. The van der Waals surface area contributed by atoms with Gasteiger partial charge in [-0.2, -0.15) is 5.26 Å².